The van der Waals surface area contributed by atoms with Gasteiger partial charge in [0, 0.05) is 0 Å². The van der Waals surface area contributed by atoms with Crippen LogP contribution in [0.5, 0.6) is 0 Å². The molecule has 0 unspecified atom stereocenters. The van der Waals surface area contributed by atoms with Gasteiger partial charge in [-0.25, -0.2) is 0 Å². The maximum Gasteiger partial charge on any atom is 0.119 e. The summed E-state index contributed by atoms with van der Waals surface area (Å²) in [6, 6.07) is 8.44. The van der Waals surface area contributed by atoms with Crippen LogP contribution >= 0.6 is 0 Å². The molecule has 0 fully saturated rings. The number of aliphatic hydroxyl groups is 1. The number of hydrogen-bond donors (Lipinski definition) is 1. The second-order valence-electron chi connectivity index (χ2n) is 2.70. The summed E-state index contributed by atoms with van der Waals surface area (Å²) in [5, 5.41) is 12.3. The van der Waals surface area contributed by atoms with Gasteiger partial charge in [-0.1, -0.05) is 35.5 Å². The Morgan fingerprint density at radius 3 is 2.42 bits per heavy atom. The molecule has 0 spiro atoms. The molecule has 0 aliphatic heterocycles. The van der Waals surface area contributed by atoms with E-state index in [0.29, 0.717) is 0 Å². The van der Waals surface area contributed by atoms with Crippen LogP contribution in [0.25, 0.3) is 0 Å². The first-order valence-corrected chi connectivity index (χ1v) is 3.81. The van der Waals surface area contributed by atoms with Crippen molar-refractivity contribution in [1.29, 1.82) is 0 Å². The smallest absolute Gasteiger partial charge is 0.119 e. The van der Waals surface area contributed by atoms with Crippen LogP contribution in [0.1, 0.15) is 18.6 Å². The SMILES string of the molecule is C[C@@H](N=O)[C@@H](O)c1ccccc1. The lowest BCUT2D eigenvalue weighted by atomic mass is 10.0. The lowest BCUT2D eigenvalue weighted by molar-refractivity contribution is 0.153. The molecule has 0 radical (unpaired) electrons. The second-order valence-corrected chi connectivity index (χ2v) is 2.70. The molecule has 3 heteroatoms. The van der Waals surface area contributed by atoms with Crippen LogP contribution in [0.2, 0.25) is 0 Å². The van der Waals surface area contributed by atoms with E-state index in [1.165, 1.54) is 0 Å². The summed E-state index contributed by atoms with van der Waals surface area (Å²) in [7, 11) is 0. The molecule has 3 nitrogen and oxygen atoms in total. The molecule has 0 saturated heterocycles. The topological polar surface area (TPSA) is 49.7 Å². The highest BCUT2D eigenvalue weighted by Crippen LogP contribution is 2.17. The number of nitrogens with zero attached hydrogens (tertiary/aromatic N) is 1. The van der Waals surface area contributed by atoms with Gasteiger partial charge in [-0.3, -0.25) is 0 Å². The third-order valence-corrected chi connectivity index (χ3v) is 1.76. The van der Waals surface area contributed by atoms with Crippen molar-refractivity contribution in [2.75, 3.05) is 0 Å². The maximum atomic E-state index is 10.1. The van der Waals surface area contributed by atoms with Gasteiger partial charge >= 0.3 is 0 Å². The number of aliphatic hydroxyl groups excluding tert-OH is 1. The quantitative estimate of drug-likeness (QED) is 0.695. The summed E-state index contributed by atoms with van der Waals surface area (Å²) in [6.07, 6.45) is -0.788. The van der Waals surface area contributed by atoms with E-state index in [-0.39, 0.29) is 0 Å². The fourth-order valence-corrected chi connectivity index (χ4v) is 0.986. The van der Waals surface area contributed by atoms with Crippen LogP contribution in [0.3, 0.4) is 0 Å². The third-order valence-electron chi connectivity index (χ3n) is 1.76. The summed E-state index contributed by atoms with van der Waals surface area (Å²) in [5.41, 5.74) is 0.726. The molecular formula is C9H11NO2. The molecule has 0 aliphatic carbocycles. The first kappa shape index (κ1) is 8.87. The summed E-state index contributed by atoms with van der Waals surface area (Å²) in [5.74, 6) is 0. The number of rotatable bonds is 3. The zero-order chi connectivity index (χ0) is 8.97. The average molecular weight is 165 g/mol. The Morgan fingerprint density at radius 1 is 1.33 bits per heavy atom. The van der Waals surface area contributed by atoms with Gasteiger partial charge in [0.1, 0.15) is 12.1 Å². The van der Waals surface area contributed by atoms with Gasteiger partial charge in [-0.05, 0) is 12.5 Å². The van der Waals surface area contributed by atoms with Gasteiger partial charge in [-0.2, -0.15) is 4.91 Å². The lowest BCUT2D eigenvalue weighted by Gasteiger charge is -2.11. The van der Waals surface area contributed by atoms with Crippen molar-refractivity contribution >= 4 is 0 Å². The molecule has 0 aliphatic rings. The van der Waals surface area contributed by atoms with Crippen molar-refractivity contribution in [3.05, 3.63) is 40.8 Å². The van der Waals surface area contributed by atoms with E-state index < -0.39 is 12.1 Å². The van der Waals surface area contributed by atoms with E-state index in [1.807, 2.05) is 18.2 Å². The fraction of sp³-hybridized carbons (Fsp3) is 0.333. The van der Waals surface area contributed by atoms with Crippen LogP contribution in [-0.2, 0) is 0 Å². The normalized spacial score (nSPS) is 15.2. The fourth-order valence-electron chi connectivity index (χ4n) is 0.986. The van der Waals surface area contributed by atoms with Crippen LogP contribution in [0.15, 0.2) is 35.5 Å². The lowest BCUT2D eigenvalue weighted by Crippen LogP contribution is -2.11. The monoisotopic (exact) mass is 165 g/mol. The zero-order valence-electron chi connectivity index (χ0n) is 6.84. The Kier molecular flexibility index (Phi) is 2.94. The molecule has 1 aromatic carbocycles. The van der Waals surface area contributed by atoms with Gasteiger partial charge < -0.3 is 5.11 Å². The molecule has 12 heavy (non-hydrogen) atoms. The van der Waals surface area contributed by atoms with Crippen molar-refractivity contribution < 1.29 is 5.11 Å². The van der Waals surface area contributed by atoms with E-state index >= 15 is 0 Å². The van der Waals surface area contributed by atoms with Crippen molar-refractivity contribution in [3.63, 3.8) is 0 Å². The van der Waals surface area contributed by atoms with Gasteiger partial charge in [0.2, 0.25) is 0 Å². The third kappa shape index (κ3) is 1.89. The molecule has 1 aromatic rings. The predicted molar refractivity (Wildman–Crippen MR) is 46.7 cm³/mol. The molecule has 64 valence electrons. The highest BCUT2D eigenvalue weighted by atomic mass is 16.3. The highest BCUT2D eigenvalue weighted by Gasteiger charge is 2.15. The summed E-state index contributed by atoms with van der Waals surface area (Å²) >= 11 is 0. The summed E-state index contributed by atoms with van der Waals surface area (Å²) in [4.78, 5) is 10.1. The van der Waals surface area contributed by atoms with Crippen LogP contribution < -0.4 is 0 Å². The maximum absolute atomic E-state index is 10.1. The molecule has 0 aromatic heterocycles. The first-order valence-electron chi connectivity index (χ1n) is 3.81. The number of hydrogen-bond acceptors (Lipinski definition) is 3. The minimum atomic E-state index is -0.788. The van der Waals surface area contributed by atoms with Crippen LogP contribution in [0, 0.1) is 4.91 Å². The minimum Gasteiger partial charge on any atom is -0.386 e. The van der Waals surface area contributed by atoms with Crippen molar-refractivity contribution in [2.24, 2.45) is 5.18 Å². The van der Waals surface area contributed by atoms with E-state index in [0.717, 1.165) is 5.56 Å². The Bertz CT molecular complexity index is 248. The van der Waals surface area contributed by atoms with Crippen molar-refractivity contribution in [2.45, 2.75) is 19.1 Å². The van der Waals surface area contributed by atoms with E-state index in [2.05, 4.69) is 5.18 Å². The summed E-state index contributed by atoms with van der Waals surface area (Å²) < 4.78 is 0. The van der Waals surface area contributed by atoms with Gasteiger partial charge in [-0.15, -0.1) is 0 Å². The zero-order valence-corrected chi connectivity index (χ0v) is 6.84. The number of benzene rings is 1. The predicted octanol–water partition coefficient (Wildman–Crippen LogP) is 1.87. The first-order chi connectivity index (χ1) is 5.75. The molecule has 1 rings (SSSR count). The number of nitroso groups, excluding NO2 is 1. The van der Waals surface area contributed by atoms with Crippen molar-refractivity contribution in [3.8, 4) is 0 Å². The largest absolute Gasteiger partial charge is 0.386 e. The van der Waals surface area contributed by atoms with Gasteiger partial charge in [0.25, 0.3) is 0 Å². The molecule has 0 saturated carbocycles. The summed E-state index contributed by atoms with van der Waals surface area (Å²) in [6.45, 7) is 1.59. The van der Waals surface area contributed by atoms with Gasteiger partial charge in [0.05, 0.1) is 0 Å². The van der Waals surface area contributed by atoms with Crippen molar-refractivity contribution in [1.82, 2.24) is 0 Å². The molecule has 0 bridgehead atoms. The molecule has 0 amide bonds. The highest BCUT2D eigenvalue weighted by molar-refractivity contribution is 5.18. The minimum absolute atomic E-state index is 0.590. The van der Waals surface area contributed by atoms with E-state index in [1.54, 1.807) is 19.1 Å². The Morgan fingerprint density at radius 2 is 1.92 bits per heavy atom. The van der Waals surface area contributed by atoms with E-state index in [4.69, 9.17) is 0 Å². The van der Waals surface area contributed by atoms with Gasteiger partial charge in [0.15, 0.2) is 0 Å². The Hall–Kier alpha value is -1.22. The Balaban J connectivity index is 2.78. The van der Waals surface area contributed by atoms with Crippen LogP contribution in [0.4, 0.5) is 0 Å². The van der Waals surface area contributed by atoms with E-state index in [9.17, 15) is 10.0 Å². The molecule has 0 heterocycles. The standard InChI is InChI=1S/C9H11NO2/c1-7(10-12)9(11)8-5-3-2-4-6-8/h2-7,9,11H,1H3/t7-,9-/m1/s1. The molecule has 2 atom stereocenters. The van der Waals surface area contributed by atoms with Crippen LogP contribution in [-0.4, -0.2) is 11.1 Å². The molecular weight excluding hydrogens is 154 g/mol. The Labute approximate surface area is 71.0 Å². The molecule has 1 N–H and O–H groups in total. The average Bonchev–Trinajstić information content (AvgIpc) is 2.17. The second kappa shape index (κ2) is 3.97.